The first kappa shape index (κ1) is 17.0. The summed E-state index contributed by atoms with van der Waals surface area (Å²) < 4.78 is 9.43. The Kier molecular flexibility index (Phi) is 12.4. The summed E-state index contributed by atoms with van der Waals surface area (Å²) >= 11 is 0. The largest absolute Gasteiger partial charge is 0.466 e. The summed E-state index contributed by atoms with van der Waals surface area (Å²) in [6, 6.07) is 0. The van der Waals surface area contributed by atoms with Gasteiger partial charge >= 0.3 is 11.9 Å². The second kappa shape index (κ2) is 11.7. The topological polar surface area (TPSA) is 69.7 Å². The average molecular weight is 232 g/mol. The summed E-state index contributed by atoms with van der Waals surface area (Å²) in [5.41, 5.74) is 0. The normalized spacial score (nSPS) is 10.5. The Bertz CT molecular complexity index is 212. The minimum atomic E-state index is -0.418. The van der Waals surface area contributed by atoms with Crippen molar-refractivity contribution in [3.05, 3.63) is 0 Å². The van der Waals surface area contributed by atoms with Gasteiger partial charge in [0.2, 0.25) is 0 Å². The van der Waals surface area contributed by atoms with Gasteiger partial charge in [0.25, 0.3) is 0 Å². The number of carbonyl (C=O) groups is 3. The molecule has 0 rings (SSSR count). The van der Waals surface area contributed by atoms with Crippen molar-refractivity contribution in [1.82, 2.24) is 0 Å². The number of rotatable bonds is 5. The predicted molar refractivity (Wildman–Crippen MR) is 58.8 cm³/mol. The van der Waals surface area contributed by atoms with E-state index >= 15 is 0 Å². The fourth-order valence-electron chi connectivity index (χ4n) is 0.838. The summed E-state index contributed by atoms with van der Waals surface area (Å²) in [6.45, 7) is 7.23. The summed E-state index contributed by atoms with van der Waals surface area (Å²) in [5, 5.41) is 0. The van der Waals surface area contributed by atoms with Crippen LogP contribution in [0.5, 0.6) is 0 Å². The lowest BCUT2D eigenvalue weighted by molar-refractivity contribution is -0.154. The van der Waals surface area contributed by atoms with E-state index in [2.05, 4.69) is 0 Å². The second-order valence-corrected chi connectivity index (χ2v) is 2.90. The number of aldehydes is 1. The maximum Gasteiger partial charge on any atom is 0.309 e. The lowest BCUT2D eigenvalue weighted by Crippen LogP contribution is -2.19. The molecule has 0 aromatic carbocycles. The molecule has 5 nitrogen and oxygen atoms in total. The van der Waals surface area contributed by atoms with E-state index in [9.17, 15) is 9.59 Å². The minimum Gasteiger partial charge on any atom is -0.466 e. The van der Waals surface area contributed by atoms with E-state index in [0.717, 1.165) is 6.29 Å². The Morgan fingerprint density at radius 3 is 2.00 bits per heavy atom. The highest BCUT2D eigenvalue weighted by atomic mass is 16.5. The predicted octanol–water partition coefficient (Wildman–Crippen LogP) is 1.34. The first-order valence-electron chi connectivity index (χ1n) is 5.25. The number of hydrogen-bond acceptors (Lipinski definition) is 5. The Morgan fingerprint density at radius 2 is 1.62 bits per heavy atom. The molecule has 0 aliphatic rings. The molecule has 94 valence electrons. The molecule has 0 aliphatic heterocycles. The molecular formula is C11H20O5. The van der Waals surface area contributed by atoms with E-state index in [1.807, 2.05) is 0 Å². The maximum absolute atomic E-state index is 11.1. The molecule has 0 aliphatic carbocycles. The highest BCUT2D eigenvalue weighted by Gasteiger charge is 2.18. The fraction of sp³-hybridized carbons (Fsp3) is 0.727. The van der Waals surface area contributed by atoms with E-state index in [-0.39, 0.29) is 18.4 Å². The van der Waals surface area contributed by atoms with Crippen LogP contribution in [-0.2, 0) is 23.9 Å². The van der Waals surface area contributed by atoms with E-state index in [1.165, 1.54) is 6.92 Å². The zero-order valence-corrected chi connectivity index (χ0v) is 10.3. The third-order valence-corrected chi connectivity index (χ3v) is 1.47. The molecule has 16 heavy (non-hydrogen) atoms. The van der Waals surface area contributed by atoms with Crippen LogP contribution in [0.3, 0.4) is 0 Å². The van der Waals surface area contributed by atoms with Gasteiger partial charge in [0.1, 0.15) is 6.29 Å². The van der Waals surface area contributed by atoms with Gasteiger partial charge in [-0.05, 0) is 20.8 Å². The van der Waals surface area contributed by atoms with Gasteiger partial charge in [-0.25, -0.2) is 0 Å². The van der Waals surface area contributed by atoms with Gasteiger partial charge < -0.3 is 14.3 Å². The number of carbonyl (C=O) groups excluding carboxylic acids is 3. The van der Waals surface area contributed by atoms with Crippen LogP contribution in [0.15, 0.2) is 0 Å². The van der Waals surface area contributed by atoms with Crippen LogP contribution in [0.2, 0.25) is 0 Å². The van der Waals surface area contributed by atoms with Crippen LogP contribution in [0, 0.1) is 5.92 Å². The molecule has 0 fully saturated rings. The Morgan fingerprint density at radius 1 is 1.19 bits per heavy atom. The molecule has 0 spiro atoms. The molecular weight excluding hydrogens is 212 g/mol. The number of esters is 2. The molecule has 0 aromatic rings. The molecule has 5 heteroatoms. The summed E-state index contributed by atoms with van der Waals surface area (Å²) in [5.74, 6) is -1.13. The smallest absolute Gasteiger partial charge is 0.309 e. The first-order valence-corrected chi connectivity index (χ1v) is 5.25. The van der Waals surface area contributed by atoms with Crippen LogP contribution in [-0.4, -0.2) is 31.4 Å². The molecule has 0 aromatic heterocycles. The third-order valence-electron chi connectivity index (χ3n) is 1.47. The van der Waals surface area contributed by atoms with Gasteiger partial charge in [-0.3, -0.25) is 9.59 Å². The van der Waals surface area contributed by atoms with Gasteiger partial charge in [0, 0.05) is 0 Å². The minimum absolute atomic E-state index is 0.0900. The molecule has 0 heterocycles. The SMILES string of the molecule is CC=O.CCOC(=O)CC(C)C(=O)OCC. The summed E-state index contributed by atoms with van der Waals surface area (Å²) in [6.07, 6.45) is 0.840. The van der Waals surface area contributed by atoms with Crippen molar-refractivity contribution in [3.63, 3.8) is 0 Å². The second-order valence-electron chi connectivity index (χ2n) is 2.90. The molecule has 0 saturated carbocycles. The first-order chi connectivity index (χ1) is 7.53. The number of hydrogen-bond donors (Lipinski definition) is 0. The standard InChI is InChI=1S/C9H16O4.C2H4O/c1-4-12-8(10)6-7(3)9(11)13-5-2;1-2-3/h7H,4-6H2,1-3H3;2H,1H3. The van der Waals surface area contributed by atoms with Crippen molar-refractivity contribution < 1.29 is 23.9 Å². The van der Waals surface area contributed by atoms with Crippen LogP contribution in [0.25, 0.3) is 0 Å². The van der Waals surface area contributed by atoms with E-state index in [1.54, 1.807) is 20.8 Å². The molecule has 0 N–H and O–H groups in total. The Hall–Kier alpha value is -1.39. The van der Waals surface area contributed by atoms with Crippen LogP contribution in [0.1, 0.15) is 34.1 Å². The van der Waals surface area contributed by atoms with Crippen molar-refractivity contribution in [1.29, 1.82) is 0 Å². The molecule has 0 amide bonds. The van der Waals surface area contributed by atoms with Crippen molar-refractivity contribution in [3.8, 4) is 0 Å². The zero-order valence-electron chi connectivity index (χ0n) is 10.3. The highest BCUT2D eigenvalue weighted by molar-refractivity contribution is 5.79. The summed E-state index contributed by atoms with van der Waals surface area (Å²) in [7, 11) is 0. The molecule has 0 radical (unpaired) electrons. The van der Waals surface area contributed by atoms with Crippen molar-refractivity contribution in [2.45, 2.75) is 34.1 Å². The maximum atomic E-state index is 11.1. The van der Waals surface area contributed by atoms with E-state index in [0.29, 0.717) is 13.2 Å². The lowest BCUT2D eigenvalue weighted by Gasteiger charge is -2.08. The van der Waals surface area contributed by atoms with Gasteiger partial charge in [0.05, 0.1) is 25.6 Å². The van der Waals surface area contributed by atoms with Crippen LogP contribution >= 0.6 is 0 Å². The van der Waals surface area contributed by atoms with E-state index in [4.69, 9.17) is 14.3 Å². The lowest BCUT2D eigenvalue weighted by atomic mass is 10.1. The van der Waals surface area contributed by atoms with Gasteiger partial charge in [0.15, 0.2) is 0 Å². The van der Waals surface area contributed by atoms with Crippen molar-refractivity contribution in [2.24, 2.45) is 5.92 Å². The van der Waals surface area contributed by atoms with Crippen LogP contribution < -0.4 is 0 Å². The quantitative estimate of drug-likeness (QED) is 0.528. The highest BCUT2D eigenvalue weighted by Crippen LogP contribution is 2.05. The molecule has 0 saturated heterocycles. The fourth-order valence-corrected chi connectivity index (χ4v) is 0.838. The Balaban J connectivity index is 0. The molecule has 1 atom stereocenters. The third kappa shape index (κ3) is 10.7. The molecule has 1 unspecified atom stereocenters. The summed E-state index contributed by atoms with van der Waals surface area (Å²) in [4.78, 5) is 30.8. The number of ether oxygens (including phenoxy) is 2. The molecule has 0 bridgehead atoms. The zero-order chi connectivity index (χ0) is 13.0. The Labute approximate surface area is 96.1 Å². The van der Waals surface area contributed by atoms with Gasteiger partial charge in [-0.15, -0.1) is 0 Å². The van der Waals surface area contributed by atoms with Crippen molar-refractivity contribution in [2.75, 3.05) is 13.2 Å². The van der Waals surface area contributed by atoms with Gasteiger partial charge in [-0.1, -0.05) is 6.92 Å². The van der Waals surface area contributed by atoms with Gasteiger partial charge in [-0.2, -0.15) is 0 Å². The van der Waals surface area contributed by atoms with E-state index < -0.39 is 5.92 Å². The van der Waals surface area contributed by atoms with Crippen molar-refractivity contribution >= 4 is 18.2 Å². The van der Waals surface area contributed by atoms with Crippen LogP contribution in [0.4, 0.5) is 0 Å². The average Bonchev–Trinajstić information content (AvgIpc) is 2.19. The monoisotopic (exact) mass is 232 g/mol.